The highest BCUT2D eigenvalue weighted by Crippen LogP contribution is 2.37. The van der Waals surface area contributed by atoms with E-state index in [4.69, 9.17) is 39.8 Å². The Balaban J connectivity index is 1.67. The zero-order valence-corrected chi connectivity index (χ0v) is 20.2. The van der Waals surface area contributed by atoms with Crippen molar-refractivity contribution in [1.82, 2.24) is 9.55 Å². The van der Waals surface area contributed by atoms with Crippen molar-refractivity contribution in [3.8, 4) is 5.69 Å². The predicted molar refractivity (Wildman–Crippen MR) is 133 cm³/mol. The fourth-order valence-electron chi connectivity index (χ4n) is 3.91. The SMILES string of the molecule is O=c1c2c3c(sc2nc(SCc2c(Cl)cccc2Cl)n1-c1ccc(Cl)cc1)CCCC3. The van der Waals surface area contributed by atoms with Crippen molar-refractivity contribution in [3.63, 3.8) is 0 Å². The predicted octanol–water partition coefficient (Wildman–Crippen LogP) is 7.58. The summed E-state index contributed by atoms with van der Waals surface area (Å²) in [6.45, 7) is 0. The highest BCUT2D eigenvalue weighted by atomic mass is 35.5. The monoisotopic (exact) mass is 506 g/mol. The molecule has 0 atom stereocenters. The van der Waals surface area contributed by atoms with Gasteiger partial charge >= 0.3 is 0 Å². The molecule has 0 radical (unpaired) electrons. The minimum atomic E-state index is -0.0283. The zero-order chi connectivity index (χ0) is 21.5. The van der Waals surface area contributed by atoms with Crippen molar-refractivity contribution < 1.29 is 0 Å². The van der Waals surface area contributed by atoms with Crippen LogP contribution in [0.4, 0.5) is 0 Å². The third kappa shape index (κ3) is 4.03. The first-order valence-corrected chi connectivity index (χ1v) is 12.9. The number of aromatic nitrogens is 2. The Kier molecular flexibility index (Phi) is 6.06. The molecule has 1 aliphatic carbocycles. The maximum absolute atomic E-state index is 13.7. The number of nitrogens with zero attached hydrogens (tertiary/aromatic N) is 2. The van der Waals surface area contributed by atoms with Crippen molar-refractivity contribution >= 4 is 68.1 Å². The maximum Gasteiger partial charge on any atom is 0.267 e. The average molecular weight is 508 g/mol. The number of benzene rings is 2. The number of rotatable bonds is 4. The number of hydrogen-bond donors (Lipinski definition) is 0. The maximum atomic E-state index is 13.7. The van der Waals surface area contributed by atoms with Crippen molar-refractivity contribution in [2.75, 3.05) is 0 Å². The smallest absolute Gasteiger partial charge is 0.267 e. The molecule has 158 valence electrons. The van der Waals surface area contributed by atoms with Crippen LogP contribution in [0.3, 0.4) is 0 Å². The molecule has 8 heteroatoms. The van der Waals surface area contributed by atoms with E-state index in [-0.39, 0.29) is 5.56 Å². The summed E-state index contributed by atoms with van der Waals surface area (Å²) in [6.07, 6.45) is 4.24. The van der Waals surface area contributed by atoms with Gasteiger partial charge in [-0.05, 0) is 73.2 Å². The second kappa shape index (κ2) is 8.80. The first-order chi connectivity index (χ1) is 15.0. The van der Waals surface area contributed by atoms with Gasteiger partial charge in [-0.25, -0.2) is 4.98 Å². The third-order valence-corrected chi connectivity index (χ3v) is 8.56. The lowest BCUT2D eigenvalue weighted by molar-refractivity contribution is 0.699. The fraction of sp³-hybridized carbons (Fsp3) is 0.217. The lowest BCUT2D eigenvalue weighted by atomic mass is 9.97. The second-order valence-electron chi connectivity index (χ2n) is 7.39. The normalized spacial score (nSPS) is 13.5. The van der Waals surface area contributed by atoms with Crippen LogP contribution in [-0.4, -0.2) is 9.55 Å². The van der Waals surface area contributed by atoms with Crippen LogP contribution in [-0.2, 0) is 18.6 Å². The topological polar surface area (TPSA) is 34.9 Å². The molecule has 3 nitrogen and oxygen atoms in total. The molecule has 0 saturated carbocycles. The van der Waals surface area contributed by atoms with E-state index < -0.39 is 0 Å². The van der Waals surface area contributed by atoms with Crippen LogP contribution in [0.25, 0.3) is 15.9 Å². The van der Waals surface area contributed by atoms with E-state index in [2.05, 4.69) is 0 Å². The molecule has 31 heavy (non-hydrogen) atoms. The molecule has 0 aliphatic heterocycles. The molecule has 0 bridgehead atoms. The van der Waals surface area contributed by atoms with Gasteiger partial charge < -0.3 is 0 Å². The van der Waals surface area contributed by atoms with Gasteiger partial charge in [0.05, 0.1) is 11.1 Å². The largest absolute Gasteiger partial charge is 0.268 e. The Morgan fingerprint density at radius 3 is 2.45 bits per heavy atom. The standard InChI is InChI=1S/C23H17Cl3N2OS2/c24-13-8-10-14(11-9-13)28-22(29)20-15-4-1-2-7-19(15)31-21(20)27-23(28)30-12-16-17(25)5-3-6-18(16)26/h3,5-6,8-11H,1-2,4,7,12H2. The van der Waals surface area contributed by atoms with Crippen LogP contribution in [0.1, 0.15) is 28.8 Å². The molecule has 0 saturated heterocycles. The highest BCUT2D eigenvalue weighted by molar-refractivity contribution is 7.98. The Labute approximate surface area is 203 Å². The summed E-state index contributed by atoms with van der Waals surface area (Å²) >= 11 is 21.9. The first kappa shape index (κ1) is 21.4. The van der Waals surface area contributed by atoms with Crippen molar-refractivity contribution in [2.24, 2.45) is 0 Å². The number of fused-ring (bicyclic) bond motifs is 3. The Morgan fingerprint density at radius 2 is 1.71 bits per heavy atom. The second-order valence-corrected chi connectivity index (χ2v) is 10.7. The number of aryl methyl sites for hydroxylation is 2. The Morgan fingerprint density at radius 1 is 1.00 bits per heavy atom. The van der Waals surface area contributed by atoms with Gasteiger partial charge in [0.15, 0.2) is 5.16 Å². The summed E-state index contributed by atoms with van der Waals surface area (Å²) in [4.78, 5) is 20.8. The molecule has 0 amide bonds. The van der Waals surface area contributed by atoms with Crippen LogP contribution in [0, 0.1) is 0 Å². The first-order valence-electron chi connectivity index (χ1n) is 9.92. The van der Waals surface area contributed by atoms with Crippen LogP contribution in [0.2, 0.25) is 15.1 Å². The van der Waals surface area contributed by atoms with Gasteiger partial charge in [0.25, 0.3) is 5.56 Å². The van der Waals surface area contributed by atoms with E-state index >= 15 is 0 Å². The summed E-state index contributed by atoms with van der Waals surface area (Å²) in [5.74, 6) is 0.509. The van der Waals surface area contributed by atoms with Gasteiger partial charge in [0.1, 0.15) is 4.83 Å². The fourth-order valence-corrected chi connectivity index (χ4v) is 7.09. The minimum absolute atomic E-state index is 0.0283. The lowest BCUT2D eigenvalue weighted by Crippen LogP contribution is -2.22. The van der Waals surface area contributed by atoms with Gasteiger partial charge in [-0.2, -0.15) is 0 Å². The highest BCUT2D eigenvalue weighted by Gasteiger charge is 2.23. The van der Waals surface area contributed by atoms with Crippen LogP contribution in [0.15, 0.2) is 52.4 Å². The van der Waals surface area contributed by atoms with Gasteiger partial charge in [0.2, 0.25) is 0 Å². The molecular formula is C23H17Cl3N2OS2. The number of thiophene rings is 1. The Bertz CT molecular complexity index is 1330. The third-order valence-electron chi connectivity index (χ3n) is 5.45. The van der Waals surface area contributed by atoms with E-state index in [1.165, 1.54) is 22.2 Å². The van der Waals surface area contributed by atoms with Gasteiger partial charge in [0, 0.05) is 25.7 Å². The lowest BCUT2D eigenvalue weighted by Gasteiger charge is -2.14. The van der Waals surface area contributed by atoms with E-state index in [9.17, 15) is 4.79 Å². The van der Waals surface area contributed by atoms with E-state index in [1.807, 2.05) is 30.3 Å². The van der Waals surface area contributed by atoms with E-state index in [0.29, 0.717) is 26.0 Å². The van der Waals surface area contributed by atoms with Crippen LogP contribution >= 0.6 is 57.9 Å². The number of halogens is 3. The molecule has 2 heterocycles. The molecule has 0 unspecified atom stereocenters. The summed E-state index contributed by atoms with van der Waals surface area (Å²) in [7, 11) is 0. The molecule has 0 fully saturated rings. The van der Waals surface area contributed by atoms with Crippen molar-refractivity contribution in [3.05, 3.63) is 83.9 Å². The number of thioether (sulfide) groups is 1. The molecular weight excluding hydrogens is 491 g/mol. The van der Waals surface area contributed by atoms with Gasteiger partial charge in [-0.15, -0.1) is 11.3 Å². The van der Waals surface area contributed by atoms with Crippen LogP contribution in [0.5, 0.6) is 0 Å². The van der Waals surface area contributed by atoms with Crippen molar-refractivity contribution in [1.29, 1.82) is 0 Å². The quantitative estimate of drug-likeness (QED) is 0.211. The molecule has 4 aromatic rings. The molecule has 0 N–H and O–H groups in total. The Hall–Kier alpha value is -1.50. The van der Waals surface area contributed by atoms with Crippen LogP contribution < -0.4 is 5.56 Å². The summed E-state index contributed by atoms with van der Waals surface area (Å²) in [5, 5.41) is 3.21. The van der Waals surface area contributed by atoms with Crippen molar-refractivity contribution in [2.45, 2.75) is 36.6 Å². The van der Waals surface area contributed by atoms with E-state index in [1.54, 1.807) is 28.0 Å². The molecule has 0 spiro atoms. The zero-order valence-electron chi connectivity index (χ0n) is 16.3. The summed E-state index contributed by atoms with van der Waals surface area (Å²) in [6, 6.07) is 12.7. The minimum Gasteiger partial charge on any atom is -0.268 e. The molecule has 2 aromatic heterocycles. The number of hydrogen-bond acceptors (Lipinski definition) is 4. The summed E-state index contributed by atoms with van der Waals surface area (Å²) in [5.41, 5.74) is 2.72. The average Bonchev–Trinajstić information content (AvgIpc) is 3.13. The summed E-state index contributed by atoms with van der Waals surface area (Å²) < 4.78 is 1.69. The molecule has 5 rings (SSSR count). The molecule has 2 aromatic carbocycles. The molecule has 1 aliphatic rings. The van der Waals surface area contributed by atoms with E-state index in [0.717, 1.165) is 47.2 Å². The van der Waals surface area contributed by atoms with Gasteiger partial charge in [-0.1, -0.05) is 52.6 Å². The van der Waals surface area contributed by atoms with Gasteiger partial charge in [-0.3, -0.25) is 9.36 Å².